The molecule has 0 spiro atoms. The Morgan fingerprint density at radius 2 is 1.82 bits per heavy atom. The van der Waals surface area contributed by atoms with Crippen LogP contribution in [0.2, 0.25) is 0 Å². The van der Waals surface area contributed by atoms with Crippen molar-refractivity contribution >= 4 is 0 Å². The molecule has 0 aliphatic rings. The first kappa shape index (κ1) is 14.0. The minimum Gasteiger partial charge on any atom is -0.494 e. The highest BCUT2D eigenvalue weighted by molar-refractivity contribution is 5.42. The lowest BCUT2D eigenvalue weighted by Crippen LogP contribution is -2.14. The van der Waals surface area contributed by atoms with Crippen molar-refractivity contribution in [2.75, 3.05) is 6.61 Å². The van der Waals surface area contributed by atoms with Gasteiger partial charge in [-0.1, -0.05) is 19.9 Å². The van der Waals surface area contributed by atoms with Crippen molar-refractivity contribution < 1.29 is 4.74 Å². The average molecular weight is 235 g/mol. The Balaban J connectivity index is 2.98. The summed E-state index contributed by atoms with van der Waals surface area (Å²) >= 11 is 0. The normalized spacial score (nSPS) is 12.9. The van der Waals surface area contributed by atoms with Gasteiger partial charge in [0, 0.05) is 6.04 Å². The zero-order chi connectivity index (χ0) is 13.0. The molecule has 0 heterocycles. The molecular weight excluding hydrogens is 210 g/mol. The molecule has 1 rings (SSSR count). The second kappa shape index (κ2) is 6.06. The van der Waals surface area contributed by atoms with E-state index in [1.807, 2.05) is 6.92 Å². The van der Waals surface area contributed by atoms with Crippen LogP contribution in [-0.4, -0.2) is 6.61 Å². The van der Waals surface area contributed by atoms with E-state index >= 15 is 0 Å². The Morgan fingerprint density at radius 1 is 1.18 bits per heavy atom. The van der Waals surface area contributed by atoms with Crippen molar-refractivity contribution in [3.63, 3.8) is 0 Å². The minimum absolute atomic E-state index is 0.129. The molecule has 1 atom stereocenters. The first-order valence-corrected chi connectivity index (χ1v) is 6.45. The van der Waals surface area contributed by atoms with Gasteiger partial charge in [-0.3, -0.25) is 0 Å². The Morgan fingerprint density at radius 3 is 2.35 bits per heavy atom. The molecule has 17 heavy (non-hydrogen) atoms. The Bertz CT molecular complexity index is 371. The van der Waals surface area contributed by atoms with Crippen LogP contribution in [0, 0.1) is 19.8 Å². The van der Waals surface area contributed by atoms with E-state index in [4.69, 9.17) is 10.5 Å². The topological polar surface area (TPSA) is 35.2 Å². The summed E-state index contributed by atoms with van der Waals surface area (Å²) < 4.78 is 5.59. The molecule has 0 aromatic heterocycles. The zero-order valence-corrected chi connectivity index (χ0v) is 11.7. The van der Waals surface area contributed by atoms with Crippen LogP contribution in [0.15, 0.2) is 12.1 Å². The van der Waals surface area contributed by atoms with E-state index in [1.54, 1.807) is 0 Å². The SMILES string of the molecule is CCOc1cc(C)c(C(N)CC(C)C)cc1C. The first-order valence-electron chi connectivity index (χ1n) is 6.45. The molecular formula is C15H25NO. The van der Waals surface area contributed by atoms with Crippen LogP contribution >= 0.6 is 0 Å². The highest BCUT2D eigenvalue weighted by Crippen LogP contribution is 2.28. The lowest BCUT2D eigenvalue weighted by Gasteiger charge is -2.19. The highest BCUT2D eigenvalue weighted by atomic mass is 16.5. The van der Waals surface area contributed by atoms with Gasteiger partial charge in [0.15, 0.2) is 0 Å². The van der Waals surface area contributed by atoms with Crippen molar-refractivity contribution in [3.8, 4) is 5.75 Å². The van der Waals surface area contributed by atoms with Crippen LogP contribution in [-0.2, 0) is 0 Å². The van der Waals surface area contributed by atoms with E-state index in [2.05, 4.69) is 39.8 Å². The standard InChI is InChI=1S/C15H25NO/c1-6-17-15-9-11(4)13(8-12(15)5)14(16)7-10(2)3/h8-10,14H,6-7,16H2,1-5H3. The molecule has 0 aliphatic carbocycles. The number of hydrogen-bond donors (Lipinski definition) is 1. The monoisotopic (exact) mass is 235 g/mol. The molecule has 0 saturated heterocycles. The molecule has 1 unspecified atom stereocenters. The summed E-state index contributed by atoms with van der Waals surface area (Å²) in [6.45, 7) is 11.3. The smallest absolute Gasteiger partial charge is 0.122 e. The van der Waals surface area contributed by atoms with E-state index in [0.717, 1.165) is 12.2 Å². The van der Waals surface area contributed by atoms with Gasteiger partial charge in [0.2, 0.25) is 0 Å². The third-order valence-electron chi connectivity index (χ3n) is 2.99. The van der Waals surface area contributed by atoms with Crippen molar-refractivity contribution in [2.24, 2.45) is 11.7 Å². The maximum atomic E-state index is 6.25. The quantitative estimate of drug-likeness (QED) is 0.843. The lowest BCUT2D eigenvalue weighted by molar-refractivity contribution is 0.337. The molecule has 0 fully saturated rings. The van der Waals surface area contributed by atoms with Gasteiger partial charge in [0.25, 0.3) is 0 Å². The summed E-state index contributed by atoms with van der Waals surface area (Å²) in [6, 6.07) is 4.41. The maximum Gasteiger partial charge on any atom is 0.122 e. The van der Waals surface area contributed by atoms with Crippen LogP contribution in [0.3, 0.4) is 0 Å². The predicted octanol–water partition coefficient (Wildman–Crippen LogP) is 3.75. The van der Waals surface area contributed by atoms with Gasteiger partial charge in [-0.2, -0.15) is 0 Å². The number of hydrogen-bond acceptors (Lipinski definition) is 2. The third-order valence-corrected chi connectivity index (χ3v) is 2.99. The molecule has 0 radical (unpaired) electrons. The number of benzene rings is 1. The Hall–Kier alpha value is -1.02. The predicted molar refractivity (Wildman–Crippen MR) is 73.5 cm³/mol. The van der Waals surface area contributed by atoms with Gasteiger partial charge in [-0.25, -0.2) is 0 Å². The molecule has 0 saturated carbocycles. The zero-order valence-electron chi connectivity index (χ0n) is 11.7. The Kier molecular flexibility index (Phi) is 5.01. The van der Waals surface area contributed by atoms with Crippen molar-refractivity contribution in [3.05, 3.63) is 28.8 Å². The third kappa shape index (κ3) is 3.74. The first-order chi connectivity index (χ1) is 7.95. The fraction of sp³-hybridized carbons (Fsp3) is 0.600. The van der Waals surface area contributed by atoms with Crippen LogP contribution in [0.5, 0.6) is 5.75 Å². The van der Waals surface area contributed by atoms with Crippen molar-refractivity contribution in [2.45, 2.75) is 47.1 Å². The number of nitrogens with two attached hydrogens (primary N) is 1. The van der Waals surface area contributed by atoms with E-state index in [9.17, 15) is 0 Å². The second-order valence-corrected chi connectivity index (χ2v) is 5.14. The largest absolute Gasteiger partial charge is 0.494 e. The minimum atomic E-state index is 0.129. The molecule has 0 amide bonds. The van der Waals surface area contributed by atoms with E-state index in [1.165, 1.54) is 16.7 Å². The number of ether oxygens (including phenoxy) is 1. The summed E-state index contributed by atoms with van der Waals surface area (Å²) in [5.74, 6) is 1.60. The summed E-state index contributed by atoms with van der Waals surface area (Å²) in [5, 5.41) is 0. The summed E-state index contributed by atoms with van der Waals surface area (Å²) in [4.78, 5) is 0. The van der Waals surface area contributed by atoms with Crippen LogP contribution in [0.1, 0.15) is 49.9 Å². The van der Waals surface area contributed by atoms with Crippen molar-refractivity contribution in [1.82, 2.24) is 0 Å². The van der Waals surface area contributed by atoms with Crippen LogP contribution in [0.4, 0.5) is 0 Å². The molecule has 2 nitrogen and oxygen atoms in total. The van der Waals surface area contributed by atoms with Gasteiger partial charge >= 0.3 is 0 Å². The fourth-order valence-electron chi connectivity index (χ4n) is 2.16. The highest BCUT2D eigenvalue weighted by Gasteiger charge is 2.13. The number of rotatable bonds is 5. The molecule has 0 aliphatic heterocycles. The van der Waals surface area contributed by atoms with Crippen LogP contribution in [0.25, 0.3) is 0 Å². The van der Waals surface area contributed by atoms with Gasteiger partial charge in [-0.05, 0) is 55.9 Å². The summed E-state index contributed by atoms with van der Waals surface area (Å²) in [7, 11) is 0. The van der Waals surface area contributed by atoms with E-state index in [-0.39, 0.29) is 6.04 Å². The second-order valence-electron chi connectivity index (χ2n) is 5.14. The van der Waals surface area contributed by atoms with Crippen molar-refractivity contribution in [1.29, 1.82) is 0 Å². The average Bonchev–Trinajstić information content (AvgIpc) is 2.22. The number of aryl methyl sites for hydroxylation is 2. The van der Waals surface area contributed by atoms with Gasteiger partial charge in [-0.15, -0.1) is 0 Å². The Labute approximate surface area is 105 Å². The molecule has 1 aromatic carbocycles. The summed E-state index contributed by atoms with van der Waals surface area (Å²) in [6.07, 6.45) is 1.02. The molecule has 96 valence electrons. The lowest BCUT2D eigenvalue weighted by atomic mass is 9.93. The molecule has 2 N–H and O–H groups in total. The molecule has 0 bridgehead atoms. The van der Waals surface area contributed by atoms with E-state index in [0.29, 0.717) is 12.5 Å². The van der Waals surface area contributed by atoms with Gasteiger partial charge in [0.1, 0.15) is 5.75 Å². The fourth-order valence-corrected chi connectivity index (χ4v) is 2.16. The van der Waals surface area contributed by atoms with E-state index < -0.39 is 0 Å². The van der Waals surface area contributed by atoms with Gasteiger partial charge in [0.05, 0.1) is 6.61 Å². The van der Waals surface area contributed by atoms with Crippen LogP contribution < -0.4 is 10.5 Å². The molecule has 1 aromatic rings. The summed E-state index contributed by atoms with van der Waals surface area (Å²) in [5.41, 5.74) is 9.90. The molecule has 2 heteroatoms. The maximum absolute atomic E-state index is 6.25. The van der Waals surface area contributed by atoms with Gasteiger partial charge < -0.3 is 10.5 Å².